The third-order valence-corrected chi connectivity index (χ3v) is 9.12. The molecule has 8 nitrogen and oxygen atoms in total. The first kappa shape index (κ1) is 23.1. The Morgan fingerprint density at radius 2 is 1.82 bits per heavy atom. The summed E-state index contributed by atoms with van der Waals surface area (Å²) in [4.78, 5) is 29.3. The Hall–Kier alpha value is -2.65. The van der Waals surface area contributed by atoms with Crippen molar-refractivity contribution in [1.82, 2.24) is 9.21 Å². The molecule has 9 heteroatoms. The molecule has 2 aromatic rings. The lowest BCUT2D eigenvalue weighted by Gasteiger charge is -2.32. The lowest BCUT2D eigenvalue weighted by atomic mass is 9.96. The molecule has 1 aromatic carbocycles. The summed E-state index contributed by atoms with van der Waals surface area (Å²) >= 11 is 0. The molecule has 1 atom stereocenters. The van der Waals surface area contributed by atoms with Crippen molar-refractivity contribution in [1.29, 1.82) is 0 Å². The van der Waals surface area contributed by atoms with Crippen LogP contribution in [-0.4, -0.2) is 55.6 Å². The number of nitrogens with zero attached hydrogens (tertiary/aromatic N) is 3. The van der Waals surface area contributed by atoms with Crippen molar-refractivity contribution in [2.75, 3.05) is 25.0 Å². The maximum absolute atomic E-state index is 13.4. The number of amides is 2. The molecule has 0 N–H and O–H groups in total. The van der Waals surface area contributed by atoms with Gasteiger partial charge in [-0.3, -0.25) is 9.59 Å². The number of anilines is 1. The van der Waals surface area contributed by atoms with E-state index >= 15 is 0 Å². The summed E-state index contributed by atoms with van der Waals surface area (Å²) in [6.07, 6.45) is 5.12. The molecule has 0 bridgehead atoms. The minimum absolute atomic E-state index is 0.0142. The predicted molar refractivity (Wildman–Crippen MR) is 126 cm³/mol. The van der Waals surface area contributed by atoms with Crippen LogP contribution in [0.2, 0.25) is 0 Å². The van der Waals surface area contributed by atoms with E-state index < -0.39 is 10.0 Å². The second-order valence-electron chi connectivity index (χ2n) is 9.78. The smallest absolute Gasteiger partial charge is 0.243 e. The van der Waals surface area contributed by atoms with Gasteiger partial charge in [0.15, 0.2) is 0 Å². The molecule has 1 saturated heterocycles. The zero-order valence-corrected chi connectivity index (χ0v) is 20.5. The zero-order chi connectivity index (χ0) is 24.0. The van der Waals surface area contributed by atoms with Crippen LogP contribution in [0.15, 0.2) is 45.9 Å². The number of sulfonamides is 1. The summed E-state index contributed by atoms with van der Waals surface area (Å²) in [5.74, 6) is 0.818. The minimum atomic E-state index is -3.66. The lowest BCUT2D eigenvalue weighted by Crippen LogP contribution is -2.43. The van der Waals surface area contributed by atoms with Crippen molar-refractivity contribution >= 4 is 27.5 Å². The van der Waals surface area contributed by atoms with Crippen molar-refractivity contribution in [2.24, 2.45) is 11.8 Å². The number of fused-ring (bicyclic) bond motifs is 1. The molecule has 34 heavy (non-hydrogen) atoms. The number of piperidine rings is 1. The topological polar surface area (TPSA) is 91.1 Å². The van der Waals surface area contributed by atoms with Crippen LogP contribution in [0.3, 0.4) is 0 Å². The van der Waals surface area contributed by atoms with Crippen LogP contribution >= 0.6 is 0 Å². The van der Waals surface area contributed by atoms with Crippen molar-refractivity contribution in [3.63, 3.8) is 0 Å². The molecule has 2 aliphatic heterocycles. The fourth-order valence-corrected chi connectivity index (χ4v) is 6.67. The van der Waals surface area contributed by atoms with E-state index in [0.29, 0.717) is 38.9 Å². The van der Waals surface area contributed by atoms with Crippen LogP contribution in [0, 0.1) is 11.8 Å². The molecule has 1 unspecified atom stereocenters. The summed E-state index contributed by atoms with van der Waals surface area (Å²) < 4.78 is 33.5. The third-order valence-electron chi connectivity index (χ3n) is 7.22. The van der Waals surface area contributed by atoms with Gasteiger partial charge in [-0.15, -0.1) is 0 Å². The van der Waals surface area contributed by atoms with E-state index in [-0.39, 0.29) is 34.6 Å². The number of benzene rings is 1. The maximum Gasteiger partial charge on any atom is 0.243 e. The van der Waals surface area contributed by atoms with Gasteiger partial charge >= 0.3 is 0 Å². The normalized spacial score (nSPS) is 21.5. The molecule has 3 aliphatic rings. The Balaban J connectivity index is 1.24. The summed E-state index contributed by atoms with van der Waals surface area (Å²) in [7, 11) is -1.92. The molecule has 1 aromatic heterocycles. The van der Waals surface area contributed by atoms with Gasteiger partial charge < -0.3 is 14.2 Å². The fourth-order valence-electron chi connectivity index (χ4n) is 5.15. The molecule has 1 aliphatic carbocycles. The first-order chi connectivity index (χ1) is 16.3. The SMILES string of the molecule is CC1Cc2cc(S(=O)(=O)N3CCC(C(=O)N(C)Cc4ccco4)CC3)ccc2N1C(=O)C1CC1. The molecular weight excluding hydrogens is 454 g/mol. The maximum atomic E-state index is 13.4. The highest BCUT2D eigenvalue weighted by atomic mass is 32.2. The van der Waals surface area contributed by atoms with Gasteiger partial charge in [0.2, 0.25) is 21.8 Å². The number of hydrogen-bond acceptors (Lipinski definition) is 5. The Bertz CT molecular complexity index is 1180. The first-order valence-corrected chi connectivity index (χ1v) is 13.4. The molecule has 1 saturated carbocycles. The van der Waals surface area contributed by atoms with E-state index in [0.717, 1.165) is 29.9 Å². The van der Waals surface area contributed by atoms with E-state index in [1.54, 1.807) is 42.5 Å². The Kier molecular flexibility index (Phi) is 6.02. The van der Waals surface area contributed by atoms with Gasteiger partial charge in [-0.05, 0) is 74.9 Å². The molecule has 3 heterocycles. The average molecular weight is 486 g/mol. The van der Waals surface area contributed by atoms with E-state index in [1.165, 1.54) is 4.31 Å². The highest BCUT2D eigenvalue weighted by Gasteiger charge is 2.40. The largest absolute Gasteiger partial charge is 0.467 e. The zero-order valence-electron chi connectivity index (χ0n) is 19.6. The monoisotopic (exact) mass is 485 g/mol. The molecule has 0 radical (unpaired) electrons. The van der Waals surface area contributed by atoms with Crippen LogP contribution < -0.4 is 4.90 Å². The van der Waals surface area contributed by atoms with Crippen molar-refractivity contribution < 1.29 is 22.4 Å². The van der Waals surface area contributed by atoms with Gasteiger partial charge in [-0.1, -0.05) is 0 Å². The van der Waals surface area contributed by atoms with Crippen LogP contribution in [-0.2, 0) is 32.6 Å². The van der Waals surface area contributed by atoms with Gasteiger partial charge in [0.25, 0.3) is 0 Å². The number of rotatable bonds is 6. The van der Waals surface area contributed by atoms with Gasteiger partial charge in [0.1, 0.15) is 5.76 Å². The van der Waals surface area contributed by atoms with E-state index in [1.807, 2.05) is 17.9 Å². The number of furan rings is 1. The number of carbonyl (C=O) groups is 2. The van der Waals surface area contributed by atoms with Crippen LogP contribution in [0.5, 0.6) is 0 Å². The molecule has 5 rings (SSSR count). The Morgan fingerprint density at radius 3 is 2.47 bits per heavy atom. The molecular formula is C25H31N3O5S. The van der Waals surface area contributed by atoms with Crippen molar-refractivity contribution in [3.8, 4) is 0 Å². The second-order valence-corrected chi connectivity index (χ2v) is 11.7. The van der Waals surface area contributed by atoms with Gasteiger partial charge in [0, 0.05) is 43.7 Å². The molecule has 182 valence electrons. The third kappa shape index (κ3) is 4.27. The fraction of sp³-hybridized carbons (Fsp3) is 0.520. The Labute approximate surface area is 200 Å². The molecule has 0 spiro atoms. The summed E-state index contributed by atoms with van der Waals surface area (Å²) in [5.41, 5.74) is 1.75. The Morgan fingerprint density at radius 1 is 1.09 bits per heavy atom. The molecule has 2 fully saturated rings. The van der Waals surface area contributed by atoms with Gasteiger partial charge in [0.05, 0.1) is 17.7 Å². The van der Waals surface area contributed by atoms with Crippen LogP contribution in [0.1, 0.15) is 43.9 Å². The van der Waals surface area contributed by atoms with E-state index in [9.17, 15) is 18.0 Å². The van der Waals surface area contributed by atoms with Gasteiger partial charge in [-0.2, -0.15) is 4.31 Å². The van der Waals surface area contributed by atoms with E-state index in [2.05, 4.69) is 0 Å². The van der Waals surface area contributed by atoms with Crippen LogP contribution in [0.4, 0.5) is 5.69 Å². The summed E-state index contributed by atoms with van der Waals surface area (Å²) in [5, 5.41) is 0. The number of carbonyl (C=O) groups excluding carboxylic acids is 2. The number of hydrogen-bond donors (Lipinski definition) is 0. The van der Waals surface area contributed by atoms with Crippen LogP contribution in [0.25, 0.3) is 0 Å². The van der Waals surface area contributed by atoms with Crippen molar-refractivity contribution in [3.05, 3.63) is 47.9 Å². The van der Waals surface area contributed by atoms with Gasteiger partial charge in [-0.25, -0.2) is 8.42 Å². The highest BCUT2D eigenvalue weighted by molar-refractivity contribution is 7.89. The summed E-state index contributed by atoms with van der Waals surface area (Å²) in [6, 6.07) is 8.80. The standard InChI is InChI=1S/C25H31N3O5S/c1-17-14-20-15-22(7-8-23(20)28(17)25(30)18-5-6-18)34(31,32)27-11-9-19(10-12-27)24(29)26(2)16-21-4-3-13-33-21/h3-4,7-8,13,15,17-19H,5-6,9-12,14,16H2,1-2H3. The summed E-state index contributed by atoms with van der Waals surface area (Å²) in [6.45, 7) is 3.04. The second kappa shape index (κ2) is 8.85. The highest BCUT2D eigenvalue weighted by Crippen LogP contribution is 2.40. The minimum Gasteiger partial charge on any atom is -0.467 e. The van der Waals surface area contributed by atoms with Crippen molar-refractivity contribution in [2.45, 2.75) is 56.5 Å². The molecule has 2 amide bonds. The quantitative estimate of drug-likeness (QED) is 0.627. The average Bonchev–Trinajstić information content (AvgIpc) is 3.46. The predicted octanol–water partition coefficient (Wildman–Crippen LogP) is 3.03. The van der Waals surface area contributed by atoms with E-state index in [4.69, 9.17) is 4.42 Å². The lowest BCUT2D eigenvalue weighted by molar-refractivity contribution is -0.136. The first-order valence-electron chi connectivity index (χ1n) is 12.0.